The van der Waals surface area contributed by atoms with Gasteiger partial charge in [-0.1, -0.05) is 128 Å². The average molecular weight is 895 g/mol. The quantitative estimate of drug-likeness (QED) is 0.0241. The molecule has 59 heavy (non-hydrogen) atoms. The van der Waals surface area contributed by atoms with Gasteiger partial charge in [0.25, 0.3) is 0 Å². The van der Waals surface area contributed by atoms with Crippen molar-refractivity contribution in [1.82, 2.24) is 0 Å². The Morgan fingerprint density at radius 2 is 0.627 bits per heavy atom. The Morgan fingerprint density at radius 3 is 0.864 bits per heavy atom. The summed E-state index contributed by atoms with van der Waals surface area (Å²) in [6.07, 6.45) is 18.0. The van der Waals surface area contributed by atoms with Crippen LogP contribution in [-0.4, -0.2) is 125 Å². The van der Waals surface area contributed by atoms with E-state index in [0.717, 1.165) is 38.5 Å². The van der Waals surface area contributed by atoms with Gasteiger partial charge in [-0.3, -0.25) is 0 Å². The van der Waals surface area contributed by atoms with Crippen LogP contribution in [0.3, 0.4) is 0 Å². The van der Waals surface area contributed by atoms with Crippen molar-refractivity contribution in [2.75, 3.05) is 37.9 Å². The standard InChI is InChI=1S/2C21H32O7S.Ca/c2*1-2-3-4-5-6-7-8-11-15-27-20(22)18-13-9-10-14-19(18)21(23)28-16-12-17-29(24,25)26;/h2*9-10,13-14H,2-8,11-12,15-17H2,1H3,(H,24,25,26);/q;;+2/p-2. The molecule has 2 rings (SSSR count). The van der Waals surface area contributed by atoms with Gasteiger partial charge in [-0.05, 0) is 49.9 Å². The first-order valence-corrected chi connectivity index (χ1v) is 23.6. The Balaban J connectivity index is 0.00000112. The molecule has 2 aromatic rings. The number of esters is 4. The minimum Gasteiger partial charge on any atom is -0.748 e. The average Bonchev–Trinajstić information content (AvgIpc) is 3.19. The predicted molar refractivity (Wildman–Crippen MR) is 223 cm³/mol. The molecule has 0 aliphatic heterocycles. The Kier molecular flexibility index (Phi) is 32.5. The molecule has 0 spiro atoms. The Hall–Kier alpha value is -2.60. The van der Waals surface area contributed by atoms with Gasteiger partial charge in [-0.25, -0.2) is 36.0 Å². The molecule has 0 fully saturated rings. The predicted octanol–water partition coefficient (Wildman–Crippen LogP) is 7.77. The van der Waals surface area contributed by atoms with Gasteiger partial charge in [0.15, 0.2) is 0 Å². The summed E-state index contributed by atoms with van der Waals surface area (Å²) < 4.78 is 83.8. The normalized spacial score (nSPS) is 11.1. The van der Waals surface area contributed by atoms with Crippen LogP contribution in [0.25, 0.3) is 0 Å². The molecule has 0 aliphatic rings. The van der Waals surface area contributed by atoms with Gasteiger partial charge in [0, 0.05) is 11.5 Å². The topological polar surface area (TPSA) is 220 Å². The SMILES string of the molecule is CCCCCCCCCCOC(=O)c1ccccc1C(=O)OCCCS(=O)(=O)[O-].CCCCCCCCCCOC(=O)c1ccccc1C(=O)OCCCS(=O)(=O)[O-].[Ca+2]. The second kappa shape index (κ2) is 34.0. The van der Waals surface area contributed by atoms with Crippen molar-refractivity contribution in [2.45, 2.75) is 129 Å². The van der Waals surface area contributed by atoms with E-state index < -0.39 is 55.6 Å². The van der Waals surface area contributed by atoms with Crippen LogP contribution >= 0.6 is 0 Å². The van der Waals surface area contributed by atoms with Gasteiger partial charge in [0.1, 0.15) is 0 Å². The maximum absolute atomic E-state index is 12.3. The maximum atomic E-state index is 12.3. The summed E-state index contributed by atoms with van der Waals surface area (Å²) in [6, 6.07) is 12.3. The molecule has 0 saturated heterocycles. The van der Waals surface area contributed by atoms with Crippen LogP contribution < -0.4 is 0 Å². The smallest absolute Gasteiger partial charge is 0.748 e. The van der Waals surface area contributed by atoms with E-state index in [0.29, 0.717) is 13.2 Å². The van der Waals surface area contributed by atoms with Crippen molar-refractivity contribution in [1.29, 1.82) is 0 Å². The second-order valence-electron chi connectivity index (χ2n) is 13.8. The van der Waals surface area contributed by atoms with E-state index in [2.05, 4.69) is 13.8 Å². The molecule has 0 saturated carbocycles. The third-order valence-electron chi connectivity index (χ3n) is 8.74. The van der Waals surface area contributed by atoms with Gasteiger partial charge >= 0.3 is 61.6 Å². The van der Waals surface area contributed by atoms with Crippen LogP contribution in [0.15, 0.2) is 48.5 Å². The number of unbranched alkanes of at least 4 members (excludes halogenated alkanes) is 14. The van der Waals surface area contributed by atoms with Crippen LogP contribution in [0, 0.1) is 0 Å². The number of rotatable bonds is 30. The summed E-state index contributed by atoms with van der Waals surface area (Å²) in [4.78, 5) is 48.9. The second-order valence-corrected chi connectivity index (χ2v) is 16.9. The van der Waals surface area contributed by atoms with E-state index in [1.165, 1.54) is 88.5 Å². The summed E-state index contributed by atoms with van der Waals surface area (Å²) in [5.74, 6) is -3.92. The molecule has 0 aliphatic carbocycles. The molecule has 328 valence electrons. The van der Waals surface area contributed by atoms with Crippen molar-refractivity contribution in [3.63, 3.8) is 0 Å². The Morgan fingerprint density at radius 1 is 0.407 bits per heavy atom. The first-order valence-electron chi connectivity index (χ1n) is 20.4. The summed E-state index contributed by atoms with van der Waals surface area (Å²) in [5, 5.41) is 0. The Labute approximate surface area is 381 Å². The summed E-state index contributed by atoms with van der Waals surface area (Å²) >= 11 is 0. The van der Waals surface area contributed by atoms with Crippen LogP contribution in [0.1, 0.15) is 171 Å². The molecule has 2 aromatic carbocycles. The van der Waals surface area contributed by atoms with E-state index in [4.69, 9.17) is 18.9 Å². The van der Waals surface area contributed by atoms with E-state index in [1.807, 2.05) is 0 Å². The number of benzene rings is 2. The molecular weight excluding hydrogens is 833 g/mol. The minimum atomic E-state index is -4.35. The fourth-order valence-corrected chi connectivity index (χ4v) is 6.53. The summed E-state index contributed by atoms with van der Waals surface area (Å²) in [6.45, 7) is 4.52. The number of carbonyl (C=O) groups excluding carboxylic acids is 4. The van der Waals surface area contributed by atoms with Crippen molar-refractivity contribution in [2.24, 2.45) is 0 Å². The van der Waals surface area contributed by atoms with Crippen molar-refractivity contribution in [3.05, 3.63) is 70.8 Å². The van der Waals surface area contributed by atoms with Gasteiger partial charge in [0.2, 0.25) is 0 Å². The zero-order valence-electron chi connectivity index (χ0n) is 34.8. The molecule has 0 bridgehead atoms. The molecule has 0 radical (unpaired) electrons. The van der Waals surface area contributed by atoms with Crippen molar-refractivity contribution in [3.8, 4) is 0 Å². The molecule has 0 amide bonds. The molecule has 0 unspecified atom stereocenters. The van der Waals surface area contributed by atoms with Gasteiger partial charge in [-0.15, -0.1) is 0 Å². The van der Waals surface area contributed by atoms with Crippen LogP contribution in [0.5, 0.6) is 0 Å². The summed E-state index contributed by atoms with van der Waals surface area (Å²) in [5.41, 5.74) is 0.318. The molecule has 0 heterocycles. The molecule has 0 N–H and O–H groups in total. The fourth-order valence-electron chi connectivity index (χ4n) is 5.59. The number of carbonyl (C=O) groups is 4. The third-order valence-corrected chi connectivity index (χ3v) is 10.3. The molecule has 17 heteroatoms. The molecular formula is C42H62CaO14S2. The largest absolute Gasteiger partial charge is 2.00 e. The van der Waals surface area contributed by atoms with Crippen LogP contribution in [-0.2, 0) is 39.2 Å². The fraction of sp³-hybridized carbons (Fsp3) is 0.619. The maximum Gasteiger partial charge on any atom is 2.00 e. The first kappa shape index (κ1) is 56.4. The van der Waals surface area contributed by atoms with Gasteiger partial charge < -0.3 is 28.1 Å². The Bertz CT molecular complexity index is 1590. The third kappa shape index (κ3) is 29.3. The van der Waals surface area contributed by atoms with E-state index >= 15 is 0 Å². The zero-order valence-corrected chi connectivity index (χ0v) is 38.7. The number of hydrogen-bond donors (Lipinski definition) is 0. The first-order chi connectivity index (χ1) is 27.7. The number of ether oxygens (including phenoxy) is 4. The summed E-state index contributed by atoms with van der Waals surface area (Å²) in [7, 11) is -8.69. The van der Waals surface area contributed by atoms with Gasteiger partial charge in [-0.2, -0.15) is 0 Å². The molecule has 0 atom stereocenters. The van der Waals surface area contributed by atoms with Crippen LogP contribution in [0.4, 0.5) is 0 Å². The molecule has 14 nitrogen and oxygen atoms in total. The van der Waals surface area contributed by atoms with E-state index in [1.54, 1.807) is 24.3 Å². The van der Waals surface area contributed by atoms with Crippen molar-refractivity contribution >= 4 is 81.9 Å². The number of hydrogen-bond acceptors (Lipinski definition) is 14. The minimum absolute atomic E-state index is 0. The van der Waals surface area contributed by atoms with E-state index in [-0.39, 0.29) is 86.0 Å². The molecule has 0 aromatic heterocycles. The van der Waals surface area contributed by atoms with Gasteiger partial charge in [0.05, 0.1) is 68.9 Å². The van der Waals surface area contributed by atoms with Crippen molar-refractivity contribution < 1.29 is 64.1 Å². The monoisotopic (exact) mass is 894 g/mol. The van der Waals surface area contributed by atoms with E-state index in [9.17, 15) is 45.1 Å². The van der Waals surface area contributed by atoms with Crippen LogP contribution in [0.2, 0.25) is 0 Å². The zero-order chi connectivity index (χ0) is 43.1.